The van der Waals surface area contributed by atoms with E-state index < -0.39 is 0 Å². The molecule has 0 amide bonds. The summed E-state index contributed by atoms with van der Waals surface area (Å²) in [7, 11) is 0. The van der Waals surface area contributed by atoms with Gasteiger partial charge in [0, 0.05) is 24.0 Å². The fourth-order valence-electron chi connectivity index (χ4n) is 3.86. The van der Waals surface area contributed by atoms with Gasteiger partial charge in [0.1, 0.15) is 11.9 Å². The molecule has 4 nitrogen and oxygen atoms in total. The summed E-state index contributed by atoms with van der Waals surface area (Å²) in [4.78, 5) is 9.69. The molecule has 1 heterocycles. The Morgan fingerprint density at radius 1 is 1.19 bits per heavy atom. The van der Waals surface area contributed by atoms with Gasteiger partial charge < -0.3 is 14.6 Å². The molecule has 0 radical (unpaired) electrons. The highest BCUT2D eigenvalue weighted by molar-refractivity contribution is 5.51. The maximum Gasteiger partial charge on any atom is 0.124 e. The zero-order chi connectivity index (χ0) is 18.6. The van der Waals surface area contributed by atoms with Crippen LogP contribution in [0.3, 0.4) is 0 Å². The van der Waals surface area contributed by atoms with Gasteiger partial charge in [-0.05, 0) is 56.4 Å². The van der Waals surface area contributed by atoms with Crippen LogP contribution < -0.4 is 9.64 Å². The first-order chi connectivity index (χ1) is 13.2. The molecule has 1 unspecified atom stereocenters. The Bertz CT molecular complexity index is 873. The van der Waals surface area contributed by atoms with Crippen molar-refractivity contribution in [1.29, 1.82) is 0 Å². The number of anilines is 1. The van der Waals surface area contributed by atoms with Gasteiger partial charge in [-0.3, -0.25) is 0 Å². The monoisotopic (exact) mass is 361 g/mol. The summed E-state index contributed by atoms with van der Waals surface area (Å²) in [5, 5.41) is 0. The maximum atomic E-state index is 6.44. The molecule has 0 saturated carbocycles. The van der Waals surface area contributed by atoms with Crippen molar-refractivity contribution in [3.8, 4) is 5.75 Å². The number of rotatable bonds is 6. The minimum absolute atomic E-state index is 0.144. The molecule has 0 fully saturated rings. The van der Waals surface area contributed by atoms with Gasteiger partial charge in [-0.2, -0.15) is 0 Å². The smallest absolute Gasteiger partial charge is 0.124 e. The number of aromatic amines is 1. The van der Waals surface area contributed by atoms with Crippen LogP contribution in [0.2, 0.25) is 0 Å². The molecule has 1 atom stereocenters. The Morgan fingerprint density at radius 2 is 2.07 bits per heavy atom. The van der Waals surface area contributed by atoms with E-state index in [-0.39, 0.29) is 6.10 Å². The number of hydrogen-bond donors (Lipinski definition) is 1. The van der Waals surface area contributed by atoms with E-state index in [9.17, 15) is 0 Å². The number of nitrogens with zero attached hydrogens (tertiary/aromatic N) is 2. The lowest BCUT2D eigenvalue weighted by atomic mass is 9.89. The number of fused-ring (bicyclic) bond motifs is 1. The van der Waals surface area contributed by atoms with Gasteiger partial charge in [0.05, 0.1) is 18.6 Å². The van der Waals surface area contributed by atoms with Crippen LogP contribution in [-0.2, 0) is 13.0 Å². The zero-order valence-corrected chi connectivity index (χ0v) is 16.1. The maximum absolute atomic E-state index is 6.44. The van der Waals surface area contributed by atoms with Gasteiger partial charge in [0.25, 0.3) is 0 Å². The van der Waals surface area contributed by atoms with E-state index in [2.05, 4.69) is 77.2 Å². The van der Waals surface area contributed by atoms with Crippen molar-refractivity contribution in [3.05, 3.63) is 77.9 Å². The third kappa shape index (κ3) is 4.00. The van der Waals surface area contributed by atoms with Crippen molar-refractivity contribution in [2.24, 2.45) is 0 Å². The Balaban J connectivity index is 1.55. The zero-order valence-electron chi connectivity index (χ0n) is 16.1. The second kappa shape index (κ2) is 7.87. The van der Waals surface area contributed by atoms with Crippen molar-refractivity contribution in [2.45, 2.75) is 51.8 Å². The first-order valence-corrected chi connectivity index (χ1v) is 9.79. The van der Waals surface area contributed by atoms with Crippen molar-refractivity contribution in [3.63, 3.8) is 0 Å². The summed E-state index contributed by atoms with van der Waals surface area (Å²) in [6.45, 7) is 5.22. The summed E-state index contributed by atoms with van der Waals surface area (Å²) in [5.41, 5.74) is 5.04. The van der Waals surface area contributed by atoms with E-state index in [1.54, 1.807) is 6.33 Å². The lowest BCUT2D eigenvalue weighted by Crippen LogP contribution is -2.30. The predicted octanol–water partition coefficient (Wildman–Crippen LogP) is 5.28. The molecule has 0 aliphatic heterocycles. The first-order valence-electron chi connectivity index (χ1n) is 9.79. The summed E-state index contributed by atoms with van der Waals surface area (Å²) in [6, 6.07) is 17.5. The number of benzene rings is 2. The first kappa shape index (κ1) is 17.7. The largest absolute Gasteiger partial charge is 0.486 e. The quantitative estimate of drug-likeness (QED) is 0.649. The van der Waals surface area contributed by atoms with E-state index in [1.165, 1.54) is 23.2 Å². The number of aryl methyl sites for hydroxylation is 1. The summed E-state index contributed by atoms with van der Waals surface area (Å²) in [6.07, 6.45) is 7.16. The van der Waals surface area contributed by atoms with Gasteiger partial charge in [-0.25, -0.2) is 4.98 Å². The highest BCUT2D eigenvalue weighted by Crippen LogP contribution is 2.34. The third-order valence-corrected chi connectivity index (χ3v) is 5.26. The summed E-state index contributed by atoms with van der Waals surface area (Å²) < 4.78 is 6.44. The van der Waals surface area contributed by atoms with Crippen LogP contribution in [0.5, 0.6) is 5.75 Å². The standard InChI is InChI=1S/C23H27N3O/c1-17(2)26(15-19-14-24-16-25-19)20-9-6-10-21(13-20)27-23-12-5-8-18-7-3-4-11-22(18)23/h3-4,6-7,9-11,13-14,16-17,23H,5,8,12,15H2,1-2H3,(H,24,25). The van der Waals surface area contributed by atoms with Gasteiger partial charge in [-0.1, -0.05) is 30.3 Å². The Hall–Kier alpha value is -2.75. The summed E-state index contributed by atoms with van der Waals surface area (Å²) in [5.74, 6) is 0.935. The molecule has 1 aliphatic carbocycles. The number of imidazole rings is 1. The van der Waals surface area contributed by atoms with Crippen LogP contribution in [-0.4, -0.2) is 16.0 Å². The molecule has 1 N–H and O–H groups in total. The minimum Gasteiger partial charge on any atom is -0.486 e. The van der Waals surface area contributed by atoms with Crippen molar-refractivity contribution in [2.75, 3.05) is 4.90 Å². The Morgan fingerprint density at radius 3 is 2.89 bits per heavy atom. The lowest BCUT2D eigenvalue weighted by molar-refractivity contribution is 0.183. The van der Waals surface area contributed by atoms with Gasteiger partial charge in [0.15, 0.2) is 0 Å². The lowest BCUT2D eigenvalue weighted by Gasteiger charge is -2.30. The van der Waals surface area contributed by atoms with E-state index in [4.69, 9.17) is 4.74 Å². The van der Waals surface area contributed by atoms with Crippen LogP contribution in [0, 0.1) is 0 Å². The topological polar surface area (TPSA) is 41.2 Å². The van der Waals surface area contributed by atoms with Gasteiger partial charge in [0.2, 0.25) is 0 Å². The highest BCUT2D eigenvalue weighted by atomic mass is 16.5. The van der Waals surface area contributed by atoms with Crippen LogP contribution in [0.25, 0.3) is 0 Å². The fraction of sp³-hybridized carbons (Fsp3) is 0.348. The molecule has 4 rings (SSSR count). The SMILES string of the molecule is CC(C)N(Cc1cnc[nH]1)c1cccc(OC2CCCc3ccccc32)c1. The third-order valence-electron chi connectivity index (χ3n) is 5.26. The van der Waals surface area contributed by atoms with Crippen LogP contribution >= 0.6 is 0 Å². The van der Waals surface area contributed by atoms with E-state index in [0.717, 1.165) is 30.8 Å². The van der Waals surface area contributed by atoms with Crippen LogP contribution in [0.15, 0.2) is 61.1 Å². The molecule has 4 heteroatoms. The Labute approximate surface area is 161 Å². The molecule has 2 aromatic carbocycles. The van der Waals surface area contributed by atoms with Crippen molar-refractivity contribution < 1.29 is 4.74 Å². The van der Waals surface area contributed by atoms with Crippen LogP contribution in [0.1, 0.15) is 49.6 Å². The van der Waals surface area contributed by atoms with E-state index >= 15 is 0 Å². The second-order valence-electron chi connectivity index (χ2n) is 7.49. The molecule has 1 aromatic heterocycles. The Kier molecular flexibility index (Phi) is 5.14. The van der Waals surface area contributed by atoms with Crippen molar-refractivity contribution in [1.82, 2.24) is 9.97 Å². The molecular weight excluding hydrogens is 334 g/mol. The van der Waals surface area contributed by atoms with Crippen LogP contribution in [0.4, 0.5) is 5.69 Å². The molecule has 3 aromatic rings. The molecule has 0 saturated heterocycles. The second-order valence-corrected chi connectivity index (χ2v) is 7.49. The van der Waals surface area contributed by atoms with Crippen molar-refractivity contribution >= 4 is 5.69 Å². The predicted molar refractivity (Wildman–Crippen MR) is 109 cm³/mol. The molecule has 0 spiro atoms. The van der Waals surface area contributed by atoms with E-state index in [0.29, 0.717) is 6.04 Å². The fourth-order valence-corrected chi connectivity index (χ4v) is 3.86. The summed E-state index contributed by atoms with van der Waals surface area (Å²) >= 11 is 0. The number of hydrogen-bond acceptors (Lipinski definition) is 3. The number of H-pyrrole nitrogens is 1. The average Bonchev–Trinajstić information content (AvgIpc) is 3.20. The van der Waals surface area contributed by atoms with Gasteiger partial charge in [-0.15, -0.1) is 0 Å². The minimum atomic E-state index is 0.144. The number of nitrogens with one attached hydrogen (secondary N) is 1. The van der Waals surface area contributed by atoms with Gasteiger partial charge >= 0.3 is 0 Å². The molecule has 27 heavy (non-hydrogen) atoms. The molecule has 0 bridgehead atoms. The number of aromatic nitrogens is 2. The average molecular weight is 361 g/mol. The number of ether oxygens (including phenoxy) is 1. The molecule has 140 valence electrons. The normalized spacial score (nSPS) is 16.2. The molecular formula is C23H27N3O. The molecule has 1 aliphatic rings. The highest BCUT2D eigenvalue weighted by Gasteiger charge is 2.21. The van der Waals surface area contributed by atoms with E-state index in [1.807, 2.05) is 6.20 Å².